The van der Waals surface area contributed by atoms with E-state index in [1.54, 1.807) is 5.38 Å². The minimum absolute atomic E-state index is 0.253. The summed E-state index contributed by atoms with van der Waals surface area (Å²) in [5.74, 6) is 0.806. The van der Waals surface area contributed by atoms with E-state index >= 15 is 0 Å². The molecule has 6 nitrogen and oxygen atoms in total. The molecule has 0 spiro atoms. The van der Waals surface area contributed by atoms with Gasteiger partial charge in [-0.25, -0.2) is 14.0 Å². The van der Waals surface area contributed by atoms with E-state index in [2.05, 4.69) is 34.7 Å². The Bertz CT molecular complexity index is 1160. The Kier molecular flexibility index (Phi) is 6.11. The SMILES string of the molecule is CC(C)CCCn1nc(NC(=O)c2cnsc2)c2cc(Cl)c(-c3cc[c]cc3)nc21. The number of nitrogens with one attached hydrogen (secondary N) is 1. The first-order valence-electron chi connectivity index (χ1n) is 9.77. The topological polar surface area (TPSA) is 72.7 Å². The molecule has 3 aromatic heterocycles. The number of benzene rings is 1. The van der Waals surface area contributed by atoms with E-state index in [1.807, 2.05) is 35.0 Å². The number of hydrogen-bond donors (Lipinski definition) is 1. The molecular weight excluding hydrogens is 418 g/mol. The van der Waals surface area contributed by atoms with Gasteiger partial charge in [0.2, 0.25) is 0 Å². The smallest absolute Gasteiger partial charge is 0.259 e. The maximum atomic E-state index is 12.6. The number of carbonyl (C=O) groups is 1. The van der Waals surface area contributed by atoms with E-state index in [9.17, 15) is 4.79 Å². The second-order valence-corrected chi connectivity index (χ2v) is 8.52. The Labute approximate surface area is 184 Å². The molecule has 0 aliphatic carbocycles. The van der Waals surface area contributed by atoms with Gasteiger partial charge in [0.25, 0.3) is 5.91 Å². The highest BCUT2D eigenvalue weighted by atomic mass is 35.5. The van der Waals surface area contributed by atoms with E-state index in [0.29, 0.717) is 45.6 Å². The monoisotopic (exact) mass is 438 g/mol. The van der Waals surface area contributed by atoms with Crippen LogP contribution in [0, 0.1) is 12.0 Å². The van der Waals surface area contributed by atoms with Crippen LogP contribution in [0.15, 0.2) is 41.9 Å². The molecule has 4 rings (SSSR count). The van der Waals surface area contributed by atoms with E-state index in [0.717, 1.165) is 18.4 Å². The minimum atomic E-state index is -0.253. The van der Waals surface area contributed by atoms with E-state index in [-0.39, 0.29) is 5.91 Å². The molecule has 0 aliphatic heterocycles. The van der Waals surface area contributed by atoms with Crippen molar-refractivity contribution in [3.8, 4) is 11.3 Å². The Morgan fingerprint density at radius 1 is 1.33 bits per heavy atom. The Balaban J connectivity index is 1.75. The van der Waals surface area contributed by atoms with Crippen LogP contribution < -0.4 is 5.32 Å². The zero-order valence-electron chi connectivity index (χ0n) is 16.7. The molecule has 8 heteroatoms. The van der Waals surface area contributed by atoms with E-state index in [4.69, 9.17) is 16.6 Å². The van der Waals surface area contributed by atoms with Gasteiger partial charge in [0.05, 0.1) is 27.9 Å². The number of pyridine rings is 1. The second-order valence-electron chi connectivity index (χ2n) is 7.45. The number of aryl methyl sites for hydroxylation is 1. The molecule has 3 heterocycles. The van der Waals surface area contributed by atoms with Crippen LogP contribution in [-0.4, -0.2) is 25.0 Å². The van der Waals surface area contributed by atoms with Gasteiger partial charge in [-0.2, -0.15) is 5.10 Å². The van der Waals surface area contributed by atoms with Gasteiger partial charge in [-0.3, -0.25) is 4.79 Å². The van der Waals surface area contributed by atoms with Crippen LogP contribution in [0.4, 0.5) is 5.82 Å². The number of hydrogen-bond acceptors (Lipinski definition) is 5. The van der Waals surface area contributed by atoms with Crippen molar-refractivity contribution in [2.45, 2.75) is 33.2 Å². The minimum Gasteiger partial charge on any atom is -0.304 e. The third-order valence-electron chi connectivity index (χ3n) is 4.75. The van der Waals surface area contributed by atoms with Crippen LogP contribution >= 0.6 is 23.1 Å². The van der Waals surface area contributed by atoms with Crippen molar-refractivity contribution >= 4 is 45.9 Å². The highest BCUT2D eigenvalue weighted by Gasteiger charge is 2.19. The molecule has 0 aliphatic rings. The summed E-state index contributed by atoms with van der Waals surface area (Å²) < 4.78 is 5.84. The maximum Gasteiger partial charge on any atom is 0.259 e. The molecule has 1 amide bonds. The van der Waals surface area contributed by atoms with Gasteiger partial charge in [-0.1, -0.05) is 49.7 Å². The first-order valence-corrected chi connectivity index (χ1v) is 11.0. The summed E-state index contributed by atoms with van der Waals surface area (Å²) in [6.07, 6.45) is 3.59. The van der Waals surface area contributed by atoms with Gasteiger partial charge < -0.3 is 5.32 Å². The number of aromatic nitrogens is 4. The largest absolute Gasteiger partial charge is 0.304 e. The molecule has 0 bridgehead atoms. The van der Waals surface area contributed by atoms with Crippen LogP contribution in [-0.2, 0) is 6.54 Å². The molecule has 4 aromatic rings. The number of nitrogens with zero attached hydrogens (tertiary/aromatic N) is 4. The summed E-state index contributed by atoms with van der Waals surface area (Å²) >= 11 is 7.80. The number of halogens is 1. The predicted octanol–water partition coefficient (Wildman–Crippen LogP) is 5.70. The lowest BCUT2D eigenvalue weighted by atomic mass is 10.1. The summed E-state index contributed by atoms with van der Waals surface area (Å²) in [6, 6.07) is 12.3. The van der Waals surface area contributed by atoms with Crippen molar-refractivity contribution in [2.75, 3.05) is 5.32 Å². The summed E-state index contributed by atoms with van der Waals surface area (Å²) in [5, 5.41) is 10.5. The zero-order chi connectivity index (χ0) is 21.1. The van der Waals surface area contributed by atoms with Crippen LogP contribution in [0.5, 0.6) is 0 Å². The van der Waals surface area contributed by atoms with Gasteiger partial charge in [0.15, 0.2) is 11.5 Å². The Morgan fingerprint density at radius 3 is 2.83 bits per heavy atom. The molecule has 0 unspecified atom stereocenters. The van der Waals surface area contributed by atoms with Crippen molar-refractivity contribution in [3.63, 3.8) is 0 Å². The fourth-order valence-electron chi connectivity index (χ4n) is 3.21. The third-order valence-corrected chi connectivity index (χ3v) is 5.62. The molecule has 1 radical (unpaired) electrons. The summed E-state index contributed by atoms with van der Waals surface area (Å²) in [5.41, 5.74) is 2.79. The number of amides is 1. The fraction of sp³-hybridized carbons (Fsp3) is 0.273. The molecular formula is C22H21ClN5OS. The quantitative estimate of drug-likeness (QED) is 0.402. The number of rotatable bonds is 7. The normalized spacial score (nSPS) is 11.3. The fourth-order valence-corrected chi connectivity index (χ4v) is 3.99. The molecule has 1 N–H and O–H groups in total. The lowest BCUT2D eigenvalue weighted by Crippen LogP contribution is -2.12. The highest BCUT2D eigenvalue weighted by Crippen LogP contribution is 2.32. The van der Waals surface area contributed by atoms with Crippen molar-refractivity contribution < 1.29 is 4.79 Å². The molecule has 0 fully saturated rings. The second kappa shape index (κ2) is 8.93. The van der Waals surface area contributed by atoms with Crippen LogP contribution in [0.2, 0.25) is 5.02 Å². The van der Waals surface area contributed by atoms with Gasteiger partial charge in [-0.05, 0) is 42.4 Å². The number of fused-ring (bicyclic) bond motifs is 1. The average Bonchev–Trinajstić information content (AvgIpc) is 3.37. The lowest BCUT2D eigenvalue weighted by Gasteiger charge is -2.07. The van der Waals surface area contributed by atoms with Gasteiger partial charge in [-0.15, -0.1) is 0 Å². The van der Waals surface area contributed by atoms with E-state index in [1.165, 1.54) is 17.7 Å². The standard InChI is InChI=1S/C22H21ClN5OS/c1-14(2)7-6-10-28-21-17(20(27-28)26-22(29)16-12-24-30-13-16)11-18(23)19(25-21)15-8-4-3-5-9-15/h4-5,8-9,11-14H,6-7,10H2,1-2H3,(H,26,27,29). The Hall–Kier alpha value is -2.77. The highest BCUT2D eigenvalue weighted by molar-refractivity contribution is 7.03. The summed E-state index contributed by atoms with van der Waals surface area (Å²) in [7, 11) is 0. The number of carbonyl (C=O) groups excluding carboxylic acids is 1. The van der Waals surface area contributed by atoms with Crippen molar-refractivity contribution in [2.24, 2.45) is 5.92 Å². The average molecular weight is 439 g/mol. The summed E-state index contributed by atoms with van der Waals surface area (Å²) in [6.45, 7) is 5.11. The first-order chi connectivity index (χ1) is 14.5. The lowest BCUT2D eigenvalue weighted by molar-refractivity contribution is 0.102. The van der Waals surface area contributed by atoms with Crippen molar-refractivity contribution in [3.05, 3.63) is 58.6 Å². The van der Waals surface area contributed by atoms with Gasteiger partial charge in [0.1, 0.15) is 0 Å². The maximum absolute atomic E-state index is 12.6. The van der Waals surface area contributed by atoms with Crippen LogP contribution in [0.3, 0.4) is 0 Å². The molecule has 0 atom stereocenters. The van der Waals surface area contributed by atoms with Crippen molar-refractivity contribution in [1.29, 1.82) is 0 Å². The van der Waals surface area contributed by atoms with Crippen LogP contribution in [0.1, 0.15) is 37.0 Å². The van der Waals surface area contributed by atoms with E-state index < -0.39 is 0 Å². The molecule has 153 valence electrons. The van der Waals surface area contributed by atoms with Crippen molar-refractivity contribution in [1.82, 2.24) is 19.1 Å². The summed E-state index contributed by atoms with van der Waals surface area (Å²) in [4.78, 5) is 17.4. The predicted molar refractivity (Wildman–Crippen MR) is 121 cm³/mol. The Morgan fingerprint density at radius 2 is 2.13 bits per heavy atom. The molecule has 30 heavy (non-hydrogen) atoms. The molecule has 1 aromatic carbocycles. The van der Waals surface area contributed by atoms with Crippen LogP contribution in [0.25, 0.3) is 22.3 Å². The third kappa shape index (κ3) is 4.37. The molecule has 0 saturated carbocycles. The first kappa shape index (κ1) is 20.5. The molecule has 0 saturated heterocycles. The number of anilines is 1. The zero-order valence-corrected chi connectivity index (χ0v) is 18.3. The van der Waals surface area contributed by atoms with Gasteiger partial charge in [0, 0.05) is 17.5 Å². The van der Waals surface area contributed by atoms with Gasteiger partial charge >= 0.3 is 0 Å².